The first-order chi connectivity index (χ1) is 7.75. The zero-order chi connectivity index (χ0) is 11.4. The molecule has 2 heterocycles. The second-order valence-electron chi connectivity index (χ2n) is 3.45. The number of rotatable bonds is 3. The maximum atomic E-state index is 5.59. The number of halogens is 2. The summed E-state index contributed by atoms with van der Waals surface area (Å²) in [6.45, 7) is 2.99. The first kappa shape index (κ1) is 12.3. The monoisotopic (exact) mass is 350 g/mol. The van der Waals surface area contributed by atoms with Crippen molar-refractivity contribution < 1.29 is 9.47 Å². The molecule has 0 radical (unpaired) electrons. The minimum atomic E-state index is 0.103. The summed E-state index contributed by atoms with van der Waals surface area (Å²) in [5.74, 6) is 0.595. The van der Waals surface area contributed by atoms with E-state index in [0.29, 0.717) is 12.5 Å². The number of morpholine rings is 1. The maximum absolute atomic E-state index is 5.59. The van der Waals surface area contributed by atoms with Gasteiger partial charge >= 0.3 is 0 Å². The van der Waals surface area contributed by atoms with E-state index in [1.54, 1.807) is 6.20 Å². The third-order valence-electron chi connectivity index (χ3n) is 2.18. The first-order valence-electron chi connectivity index (χ1n) is 5.02. The highest BCUT2D eigenvalue weighted by molar-refractivity contribution is 9.11. The summed E-state index contributed by atoms with van der Waals surface area (Å²) in [7, 11) is 0. The molecule has 1 aliphatic rings. The number of nitrogens with one attached hydrogen (secondary N) is 1. The van der Waals surface area contributed by atoms with Gasteiger partial charge in [-0.15, -0.1) is 0 Å². The highest BCUT2D eigenvalue weighted by atomic mass is 79.9. The van der Waals surface area contributed by atoms with Crippen LogP contribution in [0.25, 0.3) is 0 Å². The lowest BCUT2D eigenvalue weighted by atomic mass is 10.3. The Kier molecular flexibility index (Phi) is 4.57. The number of ether oxygens (including phenoxy) is 2. The van der Waals surface area contributed by atoms with Crippen LogP contribution in [0.5, 0.6) is 5.88 Å². The van der Waals surface area contributed by atoms with Crippen LogP contribution in [0.3, 0.4) is 0 Å². The quantitative estimate of drug-likeness (QED) is 0.904. The molecule has 0 aromatic carbocycles. The number of nitrogens with zero attached hydrogens (tertiary/aromatic N) is 1. The van der Waals surface area contributed by atoms with Gasteiger partial charge in [-0.25, -0.2) is 4.98 Å². The normalized spacial score (nSPS) is 20.8. The second-order valence-corrected chi connectivity index (χ2v) is 5.22. The molecule has 0 spiro atoms. The van der Waals surface area contributed by atoms with Crippen molar-refractivity contribution in [3.63, 3.8) is 0 Å². The maximum Gasteiger partial charge on any atom is 0.228 e. The van der Waals surface area contributed by atoms with E-state index in [-0.39, 0.29) is 6.10 Å². The van der Waals surface area contributed by atoms with E-state index in [0.717, 1.165) is 28.6 Å². The van der Waals surface area contributed by atoms with Crippen molar-refractivity contribution in [2.45, 2.75) is 6.10 Å². The van der Waals surface area contributed by atoms with Crippen molar-refractivity contribution in [3.05, 3.63) is 21.2 Å². The average molecular weight is 352 g/mol. The summed E-state index contributed by atoms with van der Waals surface area (Å²) in [5, 5.41) is 3.25. The van der Waals surface area contributed by atoms with Crippen LogP contribution in [0.2, 0.25) is 0 Å². The lowest BCUT2D eigenvalue weighted by molar-refractivity contribution is -0.000914. The van der Waals surface area contributed by atoms with Gasteiger partial charge in [0.05, 0.1) is 11.1 Å². The lowest BCUT2D eigenvalue weighted by Crippen LogP contribution is -2.41. The van der Waals surface area contributed by atoms with E-state index in [1.165, 1.54) is 0 Å². The van der Waals surface area contributed by atoms with Gasteiger partial charge in [0, 0.05) is 23.8 Å². The molecule has 1 aromatic rings. The van der Waals surface area contributed by atoms with Crippen LogP contribution in [-0.2, 0) is 4.74 Å². The van der Waals surface area contributed by atoms with Gasteiger partial charge in [0.2, 0.25) is 5.88 Å². The molecular formula is C10H12Br2N2O2. The first-order valence-corrected chi connectivity index (χ1v) is 6.60. The molecule has 1 saturated heterocycles. The van der Waals surface area contributed by atoms with Crippen LogP contribution in [0, 0.1) is 0 Å². The SMILES string of the molecule is Brc1cnc(OCC2CNCCO2)c(Br)c1. The minimum absolute atomic E-state index is 0.103. The van der Waals surface area contributed by atoms with Gasteiger partial charge in [-0.3, -0.25) is 0 Å². The van der Waals surface area contributed by atoms with E-state index in [1.807, 2.05) is 6.07 Å². The molecule has 16 heavy (non-hydrogen) atoms. The smallest absolute Gasteiger partial charge is 0.228 e. The Morgan fingerprint density at radius 2 is 2.44 bits per heavy atom. The van der Waals surface area contributed by atoms with Gasteiger partial charge in [0.25, 0.3) is 0 Å². The predicted molar refractivity (Wildman–Crippen MR) is 67.7 cm³/mol. The van der Waals surface area contributed by atoms with Crippen LogP contribution < -0.4 is 10.1 Å². The summed E-state index contributed by atoms with van der Waals surface area (Å²) in [5.41, 5.74) is 0. The molecular weight excluding hydrogens is 340 g/mol. The summed E-state index contributed by atoms with van der Waals surface area (Å²) in [4.78, 5) is 4.17. The van der Waals surface area contributed by atoms with Gasteiger partial charge in [-0.1, -0.05) is 0 Å². The predicted octanol–water partition coefficient (Wildman–Crippen LogP) is 1.97. The number of hydrogen-bond acceptors (Lipinski definition) is 4. The van der Waals surface area contributed by atoms with Crippen molar-refractivity contribution in [1.29, 1.82) is 0 Å². The molecule has 0 amide bonds. The molecule has 0 saturated carbocycles. The third kappa shape index (κ3) is 3.41. The fourth-order valence-corrected chi connectivity index (χ4v) is 2.51. The van der Waals surface area contributed by atoms with Crippen LogP contribution in [0.1, 0.15) is 0 Å². The lowest BCUT2D eigenvalue weighted by Gasteiger charge is -2.23. The summed E-state index contributed by atoms with van der Waals surface area (Å²) < 4.78 is 12.9. The van der Waals surface area contributed by atoms with Crippen molar-refractivity contribution in [1.82, 2.24) is 10.3 Å². The summed E-state index contributed by atoms with van der Waals surface area (Å²) >= 11 is 6.74. The van der Waals surface area contributed by atoms with Crippen molar-refractivity contribution >= 4 is 31.9 Å². The van der Waals surface area contributed by atoms with Gasteiger partial charge in [-0.2, -0.15) is 0 Å². The Bertz CT molecular complexity index is 357. The van der Waals surface area contributed by atoms with Crippen molar-refractivity contribution in [2.24, 2.45) is 0 Å². The highest BCUT2D eigenvalue weighted by Gasteiger charge is 2.15. The summed E-state index contributed by atoms with van der Waals surface area (Å²) in [6, 6.07) is 1.91. The van der Waals surface area contributed by atoms with E-state index in [9.17, 15) is 0 Å². The fourth-order valence-electron chi connectivity index (χ4n) is 1.41. The molecule has 88 valence electrons. The fraction of sp³-hybridized carbons (Fsp3) is 0.500. The topological polar surface area (TPSA) is 43.4 Å². The highest BCUT2D eigenvalue weighted by Crippen LogP contribution is 2.25. The van der Waals surface area contributed by atoms with Crippen LogP contribution in [-0.4, -0.2) is 37.4 Å². The molecule has 0 aliphatic carbocycles. The molecule has 2 rings (SSSR count). The number of hydrogen-bond donors (Lipinski definition) is 1. The molecule has 6 heteroatoms. The van der Waals surface area contributed by atoms with E-state index < -0.39 is 0 Å². The minimum Gasteiger partial charge on any atom is -0.474 e. The molecule has 4 nitrogen and oxygen atoms in total. The van der Waals surface area contributed by atoms with Gasteiger partial charge in [-0.05, 0) is 37.9 Å². The molecule has 0 bridgehead atoms. The Labute approximate surface area is 111 Å². The zero-order valence-corrected chi connectivity index (χ0v) is 11.8. The van der Waals surface area contributed by atoms with Crippen molar-refractivity contribution in [3.8, 4) is 5.88 Å². The Morgan fingerprint density at radius 3 is 3.12 bits per heavy atom. The molecule has 1 atom stereocenters. The van der Waals surface area contributed by atoms with Gasteiger partial charge < -0.3 is 14.8 Å². The summed E-state index contributed by atoms with van der Waals surface area (Å²) in [6.07, 6.45) is 1.81. The van der Waals surface area contributed by atoms with E-state index in [4.69, 9.17) is 9.47 Å². The van der Waals surface area contributed by atoms with Gasteiger partial charge in [0.1, 0.15) is 12.7 Å². The molecule has 1 unspecified atom stereocenters. The molecule has 1 aromatic heterocycles. The standard InChI is InChI=1S/C10H12Br2N2O2/c11-7-3-9(12)10(14-4-7)16-6-8-5-13-1-2-15-8/h3-4,8,13H,1-2,5-6H2. The zero-order valence-electron chi connectivity index (χ0n) is 8.58. The molecule has 1 fully saturated rings. The molecule has 1 N–H and O–H groups in total. The largest absolute Gasteiger partial charge is 0.474 e. The van der Waals surface area contributed by atoms with Crippen molar-refractivity contribution in [2.75, 3.05) is 26.3 Å². The average Bonchev–Trinajstić information content (AvgIpc) is 2.29. The second kappa shape index (κ2) is 5.95. The van der Waals surface area contributed by atoms with Gasteiger partial charge in [0.15, 0.2) is 0 Å². The Hall–Kier alpha value is -0.170. The Balaban J connectivity index is 1.88. The Morgan fingerprint density at radius 1 is 1.56 bits per heavy atom. The number of pyridine rings is 1. The van der Waals surface area contributed by atoms with Crippen LogP contribution >= 0.6 is 31.9 Å². The number of aromatic nitrogens is 1. The van der Waals surface area contributed by atoms with Crippen LogP contribution in [0.4, 0.5) is 0 Å². The van der Waals surface area contributed by atoms with E-state index in [2.05, 4.69) is 42.2 Å². The molecule has 1 aliphatic heterocycles. The third-order valence-corrected chi connectivity index (χ3v) is 3.19. The van der Waals surface area contributed by atoms with E-state index >= 15 is 0 Å². The van der Waals surface area contributed by atoms with Crippen LogP contribution in [0.15, 0.2) is 21.2 Å².